The van der Waals surface area contributed by atoms with E-state index in [1.807, 2.05) is 0 Å². The summed E-state index contributed by atoms with van der Waals surface area (Å²) in [6, 6.07) is 1.50. The highest BCUT2D eigenvalue weighted by Gasteiger charge is 2.00. The largest absolute Gasteiger partial charge is 0.477 e. The molecule has 0 spiro atoms. The van der Waals surface area contributed by atoms with Gasteiger partial charge in [-0.1, -0.05) is 0 Å². The van der Waals surface area contributed by atoms with Gasteiger partial charge in [0, 0.05) is 6.07 Å². The molecule has 1 aromatic rings. The molecule has 1 aromatic heterocycles. The molecular formula is C8H9N2O3. The smallest absolute Gasteiger partial charge is 0.308 e. The van der Waals surface area contributed by atoms with E-state index >= 15 is 0 Å². The number of carbonyl (C=O) groups is 1. The number of hydrogen-bond donors (Lipinski definition) is 0. The maximum Gasteiger partial charge on any atom is 0.308 e. The number of ether oxygens (including phenoxy) is 2. The van der Waals surface area contributed by atoms with Crippen molar-refractivity contribution in [3.63, 3.8) is 0 Å². The Morgan fingerprint density at radius 2 is 2.54 bits per heavy atom. The fourth-order valence-corrected chi connectivity index (χ4v) is 0.669. The molecule has 0 aromatic carbocycles. The molecule has 0 fully saturated rings. The van der Waals surface area contributed by atoms with Crippen LogP contribution in [-0.2, 0) is 9.53 Å². The SMILES string of the molecule is COC(=O)CCOc1c[c]ncn1. The van der Waals surface area contributed by atoms with Crippen LogP contribution in [0.5, 0.6) is 5.88 Å². The molecule has 1 heterocycles. The molecule has 69 valence electrons. The van der Waals surface area contributed by atoms with Crippen LogP contribution >= 0.6 is 0 Å². The van der Waals surface area contributed by atoms with Crippen LogP contribution in [0.4, 0.5) is 0 Å². The molecule has 0 amide bonds. The van der Waals surface area contributed by atoms with Crippen molar-refractivity contribution < 1.29 is 14.3 Å². The van der Waals surface area contributed by atoms with Gasteiger partial charge in [-0.05, 0) is 0 Å². The van der Waals surface area contributed by atoms with E-state index in [-0.39, 0.29) is 19.0 Å². The molecule has 5 nitrogen and oxygen atoms in total. The van der Waals surface area contributed by atoms with E-state index in [9.17, 15) is 4.79 Å². The summed E-state index contributed by atoms with van der Waals surface area (Å²) >= 11 is 0. The number of aromatic nitrogens is 2. The minimum atomic E-state index is -0.307. The van der Waals surface area contributed by atoms with Crippen molar-refractivity contribution in [1.29, 1.82) is 0 Å². The average molecular weight is 181 g/mol. The molecule has 0 atom stereocenters. The molecular weight excluding hydrogens is 172 g/mol. The third-order valence-corrected chi connectivity index (χ3v) is 1.29. The standard InChI is InChI=1S/C8H9N2O3/c1-12-8(11)3-5-13-7-2-4-9-6-10-7/h2,6H,3,5H2,1H3. The molecule has 1 radical (unpaired) electrons. The van der Waals surface area contributed by atoms with Crippen LogP contribution in [0, 0.1) is 6.20 Å². The lowest BCUT2D eigenvalue weighted by Crippen LogP contribution is -2.08. The minimum Gasteiger partial charge on any atom is -0.477 e. The number of nitrogens with zero attached hydrogens (tertiary/aromatic N) is 2. The summed E-state index contributed by atoms with van der Waals surface area (Å²) in [7, 11) is 1.33. The molecule has 0 N–H and O–H groups in total. The van der Waals surface area contributed by atoms with E-state index in [0.29, 0.717) is 5.88 Å². The monoisotopic (exact) mass is 181 g/mol. The summed E-state index contributed by atoms with van der Waals surface area (Å²) in [4.78, 5) is 18.0. The van der Waals surface area contributed by atoms with Crippen LogP contribution in [0.15, 0.2) is 12.4 Å². The van der Waals surface area contributed by atoms with Crippen LogP contribution in [-0.4, -0.2) is 29.7 Å². The van der Waals surface area contributed by atoms with Crippen molar-refractivity contribution in [2.75, 3.05) is 13.7 Å². The maximum absolute atomic E-state index is 10.7. The number of methoxy groups -OCH3 is 1. The van der Waals surface area contributed by atoms with E-state index in [1.54, 1.807) is 0 Å². The highest BCUT2D eigenvalue weighted by Crippen LogP contribution is 2.01. The van der Waals surface area contributed by atoms with Gasteiger partial charge in [-0.15, -0.1) is 0 Å². The highest BCUT2D eigenvalue weighted by atomic mass is 16.5. The Morgan fingerprint density at radius 3 is 3.15 bits per heavy atom. The fourth-order valence-electron chi connectivity index (χ4n) is 0.669. The van der Waals surface area contributed by atoms with Gasteiger partial charge in [-0.25, -0.2) is 9.97 Å². The predicted molar refractivity (Wildman–Crippen MR) is 43.0 cm³/mol. The lowest BCUT2D eigenvalue weighted by molar-refractivity contribution is -0.141. The van der Waals surface area contributed by atoms with Gasteiger partial charge in [-0.2, -0.15) is 0 Å². The van der Waals surface area contributed by atoms with Gasteiger partial charge in [0.15, 0.2) is 0 Å². The van der Waals surface area contributed by atoms with Gasteiger partial charge < -0.3 is 9.47 Å². The maximum atomic E-state index is 10.7. The Kier molecular flexibility index (Phi) is 3.69. The minimum absolute atomic E-state index is 0.209. The quantitative estimate of drug-likeness (QED) is 0.622. The Morgan fingerprint density at radius 1 is 1.69 bits per heavy atom. The van der Waals surface area contributed by atoms with Crippen LogP contribution in [0.25, 0.3) is 0 Å². The summed E-state index contributed by atoms with van der Waals surface area (Å²) in [5.41, 5.74) is 0. The average Bonchev–Trinajstić information content (AvgIpc) is 2.19. The second-order valence-corrected chi connectivity index (χ2v) is 2.16. The number of carbonyl (C=O) groups excluding carboxylic acids is 1. The van der Waals surface area contributed by atoms with Crippen molar-refractivity contribution >= 4 is 5.97 Å². The Bertz CT molecular complexity index is 263. The molecule has 0 aliphatic heterocycles. The van der Waals surface area contributed by atoms with E-state index < -0.39 is 0 Å². The molecule has 5 heteroatoms. The molecule has 0 aliphatic carbocycles. The molecule has 0 aliphatic rings. The first kappa shape index (κ1) is 9.44. The first-order valence-electron chi connectivity index (χ1n) is 3.70. The van der Waals surface area contributed by atoms with E-state index in [4.69, 9.17) is 4.74 Å². The predicted octanol–water partition coefficient (Wildman–Crippen LogP) is 0.219. The zero-order valence-corrected chi connectivity index (χ0v) is 7.19. The zero-order chi connectivity index (χ0) is 9.52. The third kappa shape index (κ3) is 3.50. The van der Waals surface area contributed by atoms with E-state index in [1.165, 1.54) is 19.5 Å². The van der Waals surface area contributed by atoms with E-state index in [2.05, 4.69) is 20.9 Å². The summed E-state index contributed by atoms with van der Waals surface area (Å²) in [6.45, 7) is 0.248. The molecule has 0 bridgehead atoms. The normalized spacial score (nSPS) is 9.31. The van der Waals surface area contributed by atoms with Gasteiger partial charge in [0.25, 0.3) is 0 Å². The Hall–Kier alpha value is -1.65. The third-order valence-electron chi connectivity index (χ3n) is 1.29. The molecule has 0 unspecified atom stereocenters. The molecule has 13 heavy (non-hydrogen) atoms. The summed E-state index contributed by atoms with van der Waals surface area (Å²) in [5.74, 6) is 0.0944. The summed E-state index contributed by atoms with van der Waals surface area (Å²) in [6.07, 6.45) is 4.10. The first-order valence-corrected chi connectivity index (χ1v) is 3.70. The lowest BCUT2D eigenvalue weighted by atomic mass is 10.5. The van der Waals surface area contributed by atoms with Crippen LogP contribution in [0.1, 0.15) is 6.42 Å². The van der Waals surface area contributed by atoms with Crippen LogP contribution in [0.2, 0.25) is 0 Å². The first-order chi connectivity index (χ1) is 6.33. The summed E-state index contributed by atoms with van der Waals surface area (Å²) < 4.78 is 9.52. The van der Waals surface area contributed by atoms with Gasteiger partial charge in [-0.3, -0.25) is 4.79 Å². The van der Waals surface area contributed by atoms with Crippen molar-refractivity contribution in [3.05, 3.63) is 18.6 Å². The Balaban J connectivity index is 2.24. The van der Waals surface area contributed by atoms with Gasteiger partial charge >= 0.3 is 5.97 Å². The van der Waals surface area contributed by atoms with Crippen molar-refractivity contribution in [2.24, 2.45) is 0 Å². The van der Waals surface area contributed by atoms with E-state index in [0.717, 1.165) is 0 Å². The zero-order valence-electron chi connectivity index (χ0n) is 7.19. The number of hydrogen-bond acceptors (Lipinski definition) is 5. The molecule has 0 saturated carbocycles. The second-order valence-electron chi connectivity index (χ2n) is 2.16. The van der Waals surface area contributed by atoms with Gasteiger partial charge in [0.2, 0.25) is 5.88 Å². The van der Waals surface area contributed by atoms with Crippen LogP contribution < -0.4 is 4.74 Å². The summed E-state index contributed by atoms with van der Waals surface area (Å²) in [5, 5.41) is 0. The van der Waals surface area contributed by atoms with Crippen molar-refractivity contribution in [1.82, 2.24) is 9.97 Å². The number of rotatable bonds is 4. The lowest BCUT2D eigenvalue weighted by Gasteiger charge is -2.02. The van der Waals surface area contributed by atoms with Crippen molar-refractivity contribution in [2.45, 2.75) is 6.42 Å². The fraction of sp³-hybridized carbons (Fsp3) is 0.375. The van der Waals surface area contributed by atoms with Gasteiger partial charge in [0.05, 0.1) is 19.7 Å². The second kappa shape index (κ2) is 5.08. The van der Waals surface area contributed by atoms with Crippen molar-refractivity contribution in [3.8, 4) is 5.88 Å². The van der Waals surface area contributed by atoms with Gasteiger partial charge in [0.1, 0.15) is 12.9 Å². The highest BCUT2D eigenvalue weighted by molar-refractivity contribution is 5.69. The topological polar surface area (TPSA) is 61.3 Å². The number of esters is 1. The van der Waals surface area contributed by atoms with Crippen LogP contribution in [0.3, 0.4) is 0 Å². The molecule has 1 rings (SSSR count). The molecule has 0 saturated heterocycles. The Labute approximate surface area is 75.7 Å².